The minimum atomic E-state index is -0.909. The molecule has 1 aliphatic rings. The Labute approximate surface area is 156 Å². The molecule has 0 radical (unpaired) electrons. The number of ether oxygens (including phenoxy) is 1. The quantitative estimate of drug-likeness (QED) is 0.727. The Hall–Kier alpha value is -3.19. The van der Waals surface area contributed by atoms with Gasteiger partial charge in [0.1, 0.15) is 6.10 Å². The average Bonchev–Trinajstić information content (AvgIpc) is 3.18. The highest BCUT2D eigenvalue weighted by molar-refractivity contribution is 6.05. The van der Waals surface area contributed by atoms with Gasteiger partial charge in [-0.3, -0.25) is 14.4 Å². The van der Waals surface area contributed by atoms with Gasteiger partial charge in [-0.05, 0) is 48.7 Å². The van der Waals surface area contributed by atoms with Crippen LogP contribution in [0.15, 0.2) is 48.5 Å². The maximum Gasteiger partial charge on any atom is 0.307 e. The van der Waals surface area contributed by atoms with Gasteiger partial charge in [-0.2, -0.15) is 0 Å². The van der Waals surface area contributed by atoms with E-state index in [1.807, 2.05) is 0 Å². The predicted molar refractivity (Wildman–Crippen MR) is 99.8 cm³/mol. The normalized spacial score (nSPS) is 15.9. The second-order valence-corrected chi connectivity index (χ2v) is 6.29. The fraction of sp³-hybridized carbons (Fsp3) is 0.250. The standard InChI is InChI=1S/C20H20N2O5/c23-18(24)11-13-6-8-15(9-7-13)21-19(25)14-3-1-4-16(12-14)22-20(26)17-5-2-10-27-17/h1,3-4,6-9,12,17H,2,5,10-11H2,(H,21,25)(H,22,26)(H,23,24). The third-order valence-electron chi connectivity index (χ3n) is 4.18. The number of carbonyl (C=O) groups is 3. The molecule has 1 saturated heterocycles. The van der Waals surface area contributed by atoms with Gasteiger partial charge in [0.25, 0.3) is 11.8 Å². The highest BCUT2D eigenvalue weighted by atomic mass is 16.5. The first-order valence-electron chi connectivity index (χ1n) is 8.66. The number of carbonyl (C=O) groups excluding carboxylic acids is 2. The van der Waals surface area contributed by atoms with E-state index in [9.17, 15) is 14.4 Å². The summed E-state index contributed by atoms with van der Waals surface area (Å²) >= 11 is 0. The van der Waals surface area contributed by atoms with Crippen LogP contribution in [0.25, 0.3) is 0 Å². The highest BCUT2D eigenvalue weighted by Crippen LogP contribution is 2.17. The molecule has 1 aliphatic heterocycles. The van der Waals surface area contributed by atoms with Crippen LogP contribution in [0.4, 0.5) is 11.4 Å². The summed E-state index contributed by atoms with van der Waals surface area (Å²) in [4.78, 5) is 35.2. The van der Waals surface area contributed by atoms with Crippen molar-refractivity contribution in [3.05, 3.63) is 59.7 Å². The van der Waals surface area contributed by atoms with E-state index in [2.05, 4.69) is 10.6 Å². The molecule has 2 aromatic rings. The molecule has 2 aromatic carbocycles. The molecule has 140 valence electrons. The first-order valence-corrected chi connectivity index (χ1v) is 8.66. The summed E-state index contributed by atoms with van der Waals surface area (Å²) in [6.45, 7) is 0.589. The molecule has 3 N–H and O–H groups in total. The van der Waals surface area contributed by atoms with Gasteiger partial charge >= 0.3 is 5.97 Å². The second-order valence-electron chi connectivity index (χ2n) is 6.29. The molecule has 0 spiro atoms. The van der Waals surface area contributed by atoms with Crippen molar-refractivity contribution >= 4 is 29.2 Å². The molecule has 1 atom stereocenters. The molecule has 2 amide bonds. The van der Waals surface area contributed by atoms with Crippen molar-refractivity contribution in [3.63, 3.8) is 0 Å². The van der Waals surface area contributed by atoms with Crippen molar-refractivity contribution in [1.82, 2.24) is 0 Å². The summed E-state index contributed by atoms with van der Waals surface area (Å²) in [5.41, 5.74) is 2.14. The maximum atomic E-state index is 12.4. The average molecular weight is 368 g/mol. The fourth-order valence-electron chi connectivity index (χ4n) is 2.83. The van der Waals surface area contributed by atoms with E-state index >= 15 is 0 Å². The smallest absolute Gasteiger partial charge is 0.307 e. The van der Waals surface area contributed by atoms with Crippen molar-refractivity contribution in [2.45, 2.75) is 25.4 Å². The van der Waals surface area contributed by atoms with Gasteiger partial charge in [0.05, 0.1) is 6.42 Å². The SMILES string of the molecule is O=C(O)Cc1ccc(NC(=O)c2cccc(NC(=O)C3CCCO3)c2)cc1. The van der Waals surface area contributed by atoms with Gasteiger partial charge < -0.3 is 20.5 Å². The van der Waals surface area contributed by atoms with Crippen molar-refractivity contribution in [2.75, 3.05) is 17.2 Å². The lowest BCUT2D eigenvalue weighted by molar-refractivity contribution is -0.136. The molecule has 0 aliphatic carbocycles. The molecule has 1 heterocycles. The van der Waals surface area contributed by atoms with Crippen LogP contribution in [0.2, 0.25) is 0 Å². The molecule has 1 unspecified atom stereocenters. The molecule has 27 heavy (non-hydrogen) atoms. The minimum absolute atomic E-state index is 0.0688. The minimum Gasteiger partial charge on any atom is -0.481 e. The van der Waals surface area contributed by atoms with Crippen LogP contribution in [-0.2, 0) is 20.7 Å². The highest BCUT2D eigenvalue weighted by Gasteiger charge is 2.23. The molecule has 0 aromatic heterocycles. The van der Waals surface area contributed by atoms with Crippen LogP contribution >= 0.6 is 0 Å². The van der Waals surface area contributed by atoms with Crippen LogP contribution < -0.4 is 10.6 Å². The number of hydrogen-bond acceptors (Lipinski definition) is 4. The van der Waals surface area contributed by atoms with E-state index in [1.54, 1.807) is 48.5 Å². The van der Waals surface area contributed by atoms with Crippen LogP contribution in [0.3, 0.4) is 0 Å². The Bertz CT molecular complexity index is 842. The number of aliphatic carboxylic acids is 1. The van der Waals surface area contributed by atoms with E-state index in [0.717, 1.165) is 6.42 Å². The molecule has 0 bridgehead atoms. The first kappa shape index (κ1) is 18.6. The number of nitrogens with one attached hydrogen (secondary N) is 2. The zero-order valence-corrected chi connectivity index (χ0v) is 14.6. The van der Waals surface area contributed by atoms with Crippen LogP contribution in [0.1, 0.15) is 28.8 Å². The number of hydrogen-bond donors (Lipinski definition) is 3. The van der Waals surface area contributed by atoms with E-state index in [4.69, 9.17) is 9.84 Å². The lowest BCUT2D eigenvalue weighted by Gasteiger charge is -2.11. The fourth-order valence-corrected chi connectivity index (χ4v) is 2.83. The van der Waals surface area contributed by atoms with Crippen molar-refractivity contribution in [3.8, 4) is 0 Å². The Morgan fingerprint density at radius 3 is 2.48 bits per heavy atom. The van der Waals surface area contributed by atoms with E-state index in [0.29, 0.717) is 35.5 Å². The Morgan fingerprint density at radius 1 is 1.04 bits per heavy atom. The van der Waals surface area contributed by atoms with Crippen LogP contribution in [-0.4, -0.2) is 35.6 Å². The summed E-state index contributed by atoms with van der Waals surface area (Å²) in [5, 5.41) is 14.3. The van der Waals surface area contributed by atoms with Gasteiger partial charge in [-0.1, -0.05) is 18.2 Å². The summed E-state index contributed by atoms with van der Waals surface area (Å²) in [6, 6.07) is 13.3. The predicted octanol–water partition coefficient (Wildman–Crippen LogP) is 2.68. The lowest BCUT2D eigenvalue weighted by atomic mass is 10.1. The maximum absolute atomic E-state index is 12.4. The topological polar surface area (TPSA) is 105 Å². The van der Waals surface area contributed by atoms with E-state index in [-0.39, 0.29) is 18.2 Å². The molecular formula is C20H20N2O5. The van der Waals surface area contributed by atoms with Gasteiger partial charge in [0.15, 0.2) is 0 Å². The monoisotopic (exact) mass is 368 g/mol. The summed E-state index contributed by atoms with van der Waals surface area (Å²) in [7, 11) is 0. The number of amides is 2. The van der Waals surface area contributed by atoms with Crippen molar-refractivity contribution < 1.29 is 24.2 Å². The number of carboxylic acids is 1. The molecule has 7 heteroatoms. The second kappa shape index (κ2) is 8.46. The van der Waals surface area contributed by atoms with Gasteiger partial charge in [0, 0.05) is 23.5 Å². The van der Waals surface area contributed by atoms with Crippen molar-refractivity contribution in [2.24, 2.45) is 0 Å². The number of rotatable bonds is 6. The van der Waals surface area contributed by atoms with E-state index in [1.165, 1.54) is 0 Å². The van der Waals surface area contributed by atoms with Gasteiger partial charge in [-0.25, -0.2) is 0 Å². The Balaban J connectivity index is 1.62. The zero-order valence-electron chi connectivity index (χ0n) is 14.6. The number of benzene rings is 2. The Kier molecular flexibility index (Phi) is 5.83. The Morgan fingerprint density at radius 2 is 1.81 bits per heavy atom. The molecular weight excluding hydrogens is 348 g/mol. The van der Waals surface area contributed by atoms with Gasteiger partial charge in [-0.15, -0.1) is 0 Å². The molecule has 3 rings (SSSR count). The zero-order chi connectivity index (χ0) is 19.2. The molecule has 0 saturated carbocycles. The third-order valence-corrected chi connectivity index (χ3v) is 4.18. The van der Waals surface area contributed by atoms with Crippen LogP contribution in [0, 0.1) is 0 Å². The van der Waals surface area contributed by atoms with Crippen LogP contribution in [0.5, 0.6) is 0 Å². The summed E-state index contributed by atoms with van der Waals surface area (Å²) in [5.74, 6) is -1.44. The number of anilines is 2. The summed E-state index contributed by atoms with van der Waals surface area (Å²) in [6.07, 6.45) is 1.06. The molecule has 1 fully saturated rings. The largest absolute Gasteiger partial charge is 0.481 e. The molecule has 7 nitrogen and oxygen atoms in total. The third kappa shape index (κ3) is 5.15. The first-order chi connectivity index (χ1) is 13.0. The summed E-state index contributed by atoms with van der Waals surface area (Å²) < 4.78 is 5.35. The lowest BCUT2D eigenvalue weighted by Crippen LogP contribution is -2.27. The van der Waals surface area contributed by atoms with Gasteiger partial charge in [0.2, 0.25) is 0 Å². The number of carboxylic acid groups (broad SMARTS) is 1. The van der Waals surface area contributed by atoms with Crippen molar-refractivity contribution in [1.29, 1.82) is 0 Å². The van der Waals surface area contributed by atoms with E-state index < -0.39 is 12.1 Å².